The quantitative estimate of drug-likeness (QED) is 0.741. The van der Waals surface area contributed by atoms with Gasteiger partial charge < -0.3 is 14.8 Å². The number of carbonyl (C=O) groups excluding carboxylic acids is 1. The van der Waals surface area contributed by atoms with Crippen LogP contribution in [0.3, 0.4) is 0 Å². The number of amides is 1. The van der Waals surface area contributed by atoms with Gasteiger partial charge in [0.2, 0.25) is 5.91 Å². The molecule has 0 atom stereocenters. The predicted octanol–water partition coefficient (Wildman–Crippen LogP) is 4.77. The fourth-order valence-electron chi connectivity index (χ4n) is 1.91. The molecule has 2 aromatic carbocycles. The fourth-order valence-corrected chi connectivity index (χ4v) is 2.57. The van der Waals surface area contributed by atoms with Crippen LogP contribution in [0.2, 0.25) is 5.02 Å². The topological polar surface area (TPSA) is 47.6 Å². The van der Waals surface area contributed by atoms with Crippen LogP contribution in [-0.4, -0.2) is 20.1 Å². The molecule has 0 saturated heterocycles. The number of rotatable bonds is 5. The molecule has 1 N–H and O–H groups in total. The van der Waals surface area contributed by atoms with Crippen LogP contribution in [0.4, 0.5) is 5.69 Å². The molecule has 0 bridgehead atoms. The number of hydrogen-bond donors (Lipinski definition) is 1. The summed E-state index contributed by atoms with van der Waals surface area (Å²) in [5, 5.41) is 3.12. The molecule has 0 heterocycles. The normalized spacial score (nSPS) is 10.6. The van der Waals surface area contributed by atoms with E-state index in [-0.39, 0.29) is 5.91 Å². The molecule has 0 unspecified atom stereocenters. The maximum absolute atomic E-state index is 12.1. The van der Waals surface area contributed by atoms with Gasteiger partial charge >= 0.3 is 0 Å². The summed E-state index contributed by atoms with van der Waals surface area (Å²) in [7, 11) is 3.02. The smallest absolute Gasteiger partial charge is 0.248 e. The Labute approximate surface area is 148 Å². The highest BCUT2D eigenvalue weighted by atomic mass is 79.9. The van der Waals surface area contributed by atoms with Crippen molar-refractivity contribution >= 4 is 45.2 Å². The van der Waals surface area contributed by atoms with E-state index in [2.05, 4.69) is 21.2 Å². The third-order valence-electron chi connectivity index (χ3n) is 3.01. The summed E-state index contributed by atoms with van der Waals surface area (Å²) in [6.07, 6.45) is 3.16. The molecule has 0 aromatic heterocycles. The van der Waals surface area contributed by atoms with Crippen molar-refractivity contribution < 1.29 is 14.3 Å². The lowest BCUT2D eigenvalue weighted by atomic mass is 10.2. The monoisotopic (exact) mass is 395 g/mol. The first-order valence-corrected chi connectivity index (χ1v) is 7.86. The Bertz CT molecular complexity index is 747. The van der Waals surface area contributed by atoms with Gasteiger partial charge in [0.1, 0.15) is 11.5 Å². The number of anilines is 1. The van der Waals surface area contributed by atoms with E-state index in [1.54, 1.807) is 18.2 Å². The van der Waals surface area contributed by atoms with Gasteiger partial charge in [0.05, 0.1) is 24.9 Å². The zero-order valence-electron chi connectivity index (χ0n) is 12.6. The number of hydrogen-bond acceptors (Lipinski definition) is 3. The van der Waals surface area contributed by atoms with Crippen LogP contribution in [0, 0.1) is 0 Å². The van der Waals surface area contributed by atoms with Gasteiger partial charge in [0.25, 0.3) is 0 Å². The highest BCUT2D eigenvalue weighted by molar-refractivity contribution is 9.10. The Morgan fingerprint density at radius 3 is 2.57 bits per heavy atom. The van der Waals surface area contributed by atoms with Crippen molar-refractivity contribution in [2.75, 3.05) is 19.5 Å². The molecule has 6 heteroatoms. The Morgan fingerprint density at radius 2 is 1.91 bits per heavy atom. The molecule has 120 valence electrons. The van der Waals surface area contributed by atoms with Crippen LogP contribution >= 0.6 is 27.5 Å². The Kier molecular flexibility index (Phi) is 6.07. The zero-order chi connectivity index (χ0) is 16.8. The zero-order valence-corrected chi connectivity index (χ0v) is 14.9. The van der Waals surface area contributed by atoms with Crippen LogP contribution in [0.25, 0.3) is 6.08 Å². The first-order chi connectivity index (χ1) is 11.0. The van der Waals surface area contributed by atoms with Crippen molar-refractivity contribution in [1.82, 2.24) is 0 Å². The molecular weight excluding hydrogens is 382 g/mol. The Morgan fingerprint density at radius 1 is 1.17 bits per heavy atom. The summed E-state index contributed by atoms with van der Waals surface area (Å²) >= 11 is 9.46. The second-order valence-corrected chi connectivity index (χ2v) is 5.89. The van der Waals surface area contributed by atoms with E-state index in [1.807, 2.05) is 24.3 Å². The van der Waals surface area contributed by atoms with Crippen molar-refractivity contribution in [3.63, 3.8) is 0 Å². The number of carbonyl (C=O) groups is 1. The Balaban J connectivity index is 2.15. The lowest BCUT2D eigenvalue weighted by Crippen LogP contribution is -2.09. The summed E-state index contributed by atoms with van der Waals surface area (Å²) in [4.78, 5) is 12.1. The van der Waals surface area contributed by atoms with Gasteiger partial charge in [-0.15, -0.1) is 0 Å². The molecule has 0 aliphatic carbocycles. The summed E-state index contributed by atoms with van der Waals surface area (Å²) in [6, 6.07) is 10.8. The molecule has 0 radical (unpaired) electrons. The summed E-state index contributed by atoms with van der Waals surface area (Å²) in [5.41, 5.74) is 1.39. The third-order valence-corrected chi connectivity index (χ3v) is 3.80. The van der Waals surface area contributed by atoms with Crippen molar-refractivity contribution in [3.8, 4) is 11.5 Å². The summed E-state index contributed by atoms with van der Waals surface area (Å²) in [5.74, 6) is 0.658. The fraction of sp³-hybridized carbons (Fsp3) is 0.118. The number of benzene rings is 2. The minimum absolute atomic E-state index is 0.287. The van der Waals surface area contributed by atoms with Gasteiger partial charge in [-0.25, -0.2) is 0 Å². The predicted molar refractivity (Wildman–Crippen MR) is 96.4 cm³/mol. The molecule has 4 nitrogen and oxygen atoms in total. The van der Waals surface area contributed by atoms with Crippen LogP contribution in [0.15, 0.2) is 46.9 Å². The van der Waals surface area contributed by atoms with Crippen LogP contribution < -0.4 is 14.8 Å². The molecule has 0 spiro atoms. The number of halogens is 2. The molecule has 0 saturated carbocycles. The molecule has 1 amide bonds. The SMILES string of the molecule is COc1cc(OC)c(NC(=O)/C=C/c2cccc(Br)c2)cc1Cl. The summed E-state index contributed by atoms with van der Waals surface area (Å²) < 4.78 is 11.3. The molecule has 0 aliphatic heterocycles. The van der Waals surface area contributed by atoms with E-state index in [0.717, 1.165) is 10.0 Å². The first-order valence-electron chi connectivity index (χ1n) is 6.69. The standard InChI is InChI=1S/C17H15BrClNO3/c1-22-15-10-16(23-2)14(9-13(15)19)20-17(21)7-6-11-4-3-5-12(18)8-11/h3-10H,1-2H3,(H,20,21)/b7-6+. The van der Waals surface area contributed by atoms with Crippen molar-refractivity contribution in [2.24, 2.45) is 0 Å². The molecular formula is C17H15BrClNO3. The van der Waals surface area contributed by atoms with Gasteiger partial charge in [-0.1, -0.05) is 39.7 Å². The van der Waals surface area contributed by atoms with Crippen molar-refractivity contribution in [1.29, 1.82) is 0 Å². The molecule has 0 aliphatic rings. The van der Waals surface area contributed by atoms with Crippen LogP contribution in [0.1, 0.15) is 5.56 Å². The summed E-state index contributed by atoms with van der Waals surface area (Å²) in [6.45, 7) is 0. The highest BCUT2D eigenvalue weighted by Gasteiger charge is 2.11. The van der Waals surface area contributed by atoms with Gasteiger partial charge in [-0.2, -0.15) is 0 Å². The lowest BCUT2D eigenvalue weighted by molar-refractivity contribution is -0.111. The third kappa shape index (κ3) is 4.74. The molecule has 0 fully saturated rings. The number of nitrogens with one attached hydrogen (secondary N) is 1. The Hall–Kier alpha value is -1.98. The van der Waals surface area contributed by atoms with E-state index < -0.39 is 0 Å². The van der Waals surface area contributed by atoms with Crippen LogP contribution in [-0.2, 0) is 4.79 Å². The van der Waals surface area contributed by atoms with E-state index in [0.29, 0.717) is 22.2 Å². The average Bonchev–Trinajstić information content (AvgIpc) is 2.53. The molecule has 23 heavy (non-hydrogen) atoms. The molecule has 2 aromatic rings. The van der Waals surface area contributed by atoms with Crippen molar-refractivity contribution in [2.45, 2.75) is 0 Å². The minimum Gasteiger partial charge on any atom is -0.495 e. The second-order valence-electron chi connectivity index (χ2n) is 4.56. The van der Waals surface area contributed by atoms with E-state index in [9.17, 15) is 4.79 Å². The van der Waals surface area contributed by atoms with E-state index in [1.165, 1.54) is 20.3 Å². The van der Waals surface area contributed by atoms with Gasteiger partial charge in [0.15, 0.2) is 0 Å². The van der Waals surface area contributed by atoms with Crippen molar-refractivity contribution in [3.05, 3.63) is 57.5 Å². The first kappa shape index (κ1) is 17.4. The van der Waals surface area contributed by atoms with E-state index >= 15 is 0 Å². The van der Waals surface area contributed by atoms with Gasteiger partial charge in [-0.05, 0) is 29.8 Å². The largest absolute Gasteiger partial charge is 0.495 e. The van der Waals surface area contributed by atoms with Gasteiger partial charge in [-0.3, -0.25) is 4.79 Å². The van der Waals surface area contributed by atoms with Crippen LogP contribution in [0.5, 0.6) is 11.5 Å². The number of methoxy groups -OCH3 is 2. The molecule has 2 rings (SSSR count). The van der Waals surface area contributed by atoms with E-state index in [4.69, 9.17) is 21.1 Å². The highest BCUT2D eigenvalue weighted by Crippen LogP contribution is 2.35. The average molecular weight is 397 g/mol. The lowest BCUT2D eigenvalue weighted by Gasteiger charge is -2.12. The minimum atomic E-state index is -0.287. The maximum atomic E-state index is 12.1. The number of ether oxygens (including phenoxy) is 2. The second kappa shape index (κ2) is 8.04. The maximum Gasteiger partial charge on any atom is 0.248 e. The van der Waals surface area contributed by atoms with Gasteiger partial charge in [0, 0.05) is 16.6 Å².